The van der Waals surface area contributed by atoms with Gasteiger partial charge in [-0.2, -0.15) is 0 Å². The van der Waals surface area contributed by atoms with Crippen LogP contribution in [0.1, 0.15) is 56.8 Å². The number of nitrogens with zero attached hydrogens (tertiary/aromatic N) is 2. The Hall–Kier alpha value is -3.63. The molecular formula is C27H39N5O6. The number of nitrogens with one attached hydrogen (secondary N) is 3. The van der Waals surface area contributed by atoms with Crippen LogP contribution in [0.15, 0.2) is 24.3 Å². The van der Waals surface area contributed by atoms with E-state index in [2.05, 4.69) is 16.0 Å². The van der Waals surface area contributed by atoms with Crippen LogP contribution in [0.2, 0.25) is 0 Å². The highest BCUT2D eigenvalue weighted by molar-refractivity contribution is 6.01. The van der Waals surface area contributed by atoms with Crippen molar-refractivity contribution < 1.29 is 28.7 Å². The molecule has 1 aromatic rings. The smallest absolute Gasteiger partial charge is 0.255 e. The van der Waals surface area contributed by atoms with Gasteiger partial charge >= 0.3 is 0 Å². The molecule has 2 aliphatic rings. The van der Waals surface area contributed by atoms with Gasteiger partial charge in [-0.25, -0.2) is 0 Å². The number of hydrogen-bond acceptors (Lipinski definition) is 6. The molecule has 1 aromatic carbocycles. The van der Waals surface area contributed by atoms with E-state index in [-0.39, 0.29) is 36.3 Å². The summed E-state index contributed by atoms with van der Waals surface area (Å²) in [5.74, 6) is -1.32. The van der Waals surface area contributed by atoms with Gasteiger partial charge in [-0.1, -0.05) is 26.0 Å². The third-order valence-electron chi connectivity index (χ3n) is 6.61. The van der Waals surface area contributed by atoms with E-state index in [9.17, 15) is 24.0 Å². The Kier molecular flexibility index (Phi) is 10.5. The zero-order chi connectivity index (χ0) is 27.7. The summed E-state index contributed by atoms with van der Waals surface area (Å²) in [6.07, 6.45) is 1.20. The molecule has 3 rings (SSSR count). The van der Waals surface area contributed by atoms with Crippen molar-refractivity contribution >= 4 is 29.5 Å². The van der Waals surface area contributed by atoms with Gasteiger partial charge in [0.1, 0.15) is 17.8 Å². The Morgan fingerprint density at radius 3 is 2.45 bits per heavy atom. The number of ether oxygens (including phenoxy) is 1. The van der Waals surface area contributed by atoms with Gasteiger partial charge < -0.3 is 30.5 Å². The van der Waals surface area contributed by atoms with Gasteiger partial charge in [0.2, 0.25) is 23.6 Å². The molecule has 0 radical (unpaired) electrons. The van der Waals surface area contributed by atoms with Crippen LogP contribution in [-0.4, -0.2) is 90.8 Å². The SMILES string of the molecule is CC(=O)N1CCCN(C(=O)[C@@H]2CC(=O)N[C@@H](CC(C)C)C(=O)NCCCOc3ccccc3C(=O)N2)CC1. The van der Waals surface area contributed by atoms with Crippen LogP contribution < -0.4 is 20.7 Å². The summed E-state index contributed by atoms with van der Waals surface area (Å²) in [4.78, 5) is 68.0. The van der Waals surface area contributed by atoms with Gasteiger partial charge in [0.25, 0.3) is 5.91 Å². The first kappa shape index (κ1) is 28.9. The summed E-state index contributed by atoms with van der Waals surface area (Å²) >= 11 is 0. The molecule has 11 nitrogen and oxygen atoms in total. The Labute approximate surface area is 223 Å². The topological polar surface area (TPSA) is 137 Å². The minimum absolute atomic E-state index is 0.0630. The van der Waals surface area contributed by atoms with Crippen molar-refractivity contribution in [1.82, 2.24) is 25.8 Å². The average molecular weight is 530 g/mol. The first-order valence-corrected chi connectivity index (χ1v) is 13.3. The summed E-state index contributed by atoms with van der Waals surface area (Å²) < 4.78 is 5.82. The number of benzene rings is 1. The molecule has 11 heteroatoms. The highest BCUT2D eigenvalue weighted by atomic mass is 16.5. The molecule has 38 heavy (non-hydrogen) atoms. The zero-order valence-corrected chi connectivity index (χ0v) is 22.5. The van der Waals surface area contributed by atoms with Crippen molar-refractivity contribution in [3.05, 3.63) is 29.8 Å². The fraction of sp³-hybridized carbons (Fsp3) is 0.593. The minimum Gasteiger partial charge on any atom is -0.493 e. The zero-order valence-electron chi connectivity index (χ0n) is 22.5. The highest BCUT2D eigenvalue weighted by Crippen LogP contribution is 2.19. The second-order valence-corrected chi connectivity index (χ2v) is 10.2. The molecule has 208 valence electrons. The lowest BCUT2D eigenvalue weighted by Gasteiger charge is -2.27. The lowest BCUT2D eigenvalue weighted by Crippen LogP contribution is -2.53. The van der Waals surface area contributed by atoms with Gasteiger partial charge in [0.15, 0.2) is 0 Å². The van der Waals surface area contributed by atoms with E-state index >= 15 is 0 Å². The van der Waals surface area contributed by atoms with Crippen molar-refractivity contribution in [2.24, 2.45) is 5.92 Å². The summed E-state index contributed by atoms with van der Waals surface area (Å²) in [6.45, 7) is 7.63. The van der Waals surface area contributed by atoms with Crippen LogP contribution in [0, 0.1) is 5.92 Å². The standard InChI is InChI=1S/C27H39N5O6/c1-18(2)16-21-26(36)28-10-6-15-38-23-9-5-4-8-20(23)25(35)30-22(17-24(34)29-21)27(37)32-12-7-11-31(13-14-32)19(3)33/h4-5,8-9,18,21-22H,6-7,10-17H2,1-3H3,(H,28,36)(H,29,34)(H,30,35)/t21-,22-/m0/s1. The van der Waals surface area contributed by atoms with Crippen LogP contribution in [0.25, 0.3) is 0 Å². The van der Waals surface area contributed by atoms with Crippen LogP contribution in [-0.2, 0) is 19.2 Å². The molecule has 0 aromatic heterocycles. The first-order valence-electron chi connectivity index (χ1n) is 13.3. The second kappa shape index (κ2) is 13.8. The van der Waals surface area contributed by atoms with E-state index in [1.807, 2.05) is 13.8 Å². The number of carbonyl (C=O) groups excluding carboxylic acids is 5. The van der Waals surface area contributed by atoms with Crippen LogP contribution >= 0.6 is 0 Å². The highest BCUT2D eigenvalue weighted by Gasteiger charge is 2.32. The maximum Gasteiger partial charge on any atom is 0.255 e. The summed E-state index contributed by atoms with van der Waals surface area (Å²) in [5, 5.41) is 8.35. The third-order valence-corrected chi connectivity index (χ3v) is 6.61. The van der Waals surface area contributed by atoms with E-state index in [1.54, 1.807) is 34.1 Å². The third kappa shape index (κ3) is 8.19. The maximum absolute atomic E-state index is 13.6. The predicted octanol–water partition coefficient (Wildman–Crippen LogP) is 0.686. The van der Waals surface area contributed by atoms with E-state index in [0.29, 0.717) is 57.7 Å². The number of amides is 5. The molecule has 0 saturated carbocycles. The first-order chi connectivity index (χ1) is 18.2. The molecular weight excluding hydrogens is 490 g/mol. The Morgan fingerprint density at radius 2 is 1.71 bits per heavy atom. The normalized spacial score (nSPS) is 22.1. The molecule has 1 fully saturated rings. The molecule has 2 aliphatic heterocycles. The van der Waals surface area contributed by atoms with E-state index in [1.165, 1.54) is 6.92 Å². The van der Waals surface area contributed by atoms with Gasteiger partial charge in [0.05, 0.1) is 18.6 Å². The lowest BCUT2D eigenvalue weighted by atomic mass is 10.0. The molecule has 2 heterocycles. The second-order valence-electron chi connectivity index (χ2n) is 10.2. The monoisotopic (exact) mass is 529 g/mol. The number of hydrogen-bond donors (Lipinski definition) is 3. The summed E-state index contributed by atoms with van der Waals surface area (Å²) in [6, 6.07) is 4.78. The van der Waals surface area contributed by atoms with Gasteiger partial charge in [-0.3, -0.25) is 24.0 Å². The van der Waals surface area contributed by atoms with Crippen molar-refractivity contribution in [1.29, 1.82) is 0 Å². The molecule has 2 atom stereocenters. The number of carbonyl (C=O) groups is 5. The molecule has 1 saturated heterocycles. The van der Waals surface area contributed by atoms with Gasteiger partial charge in [0, 0.05) is 39.6 Å². The average Bonchev–Trinajstić information content (AvgIpc) is 3.13. The molecule has 5 amide bonds. The van der Waals surface area contributed by atoms with Crippen LogP contribution in [0.4, 0.5) is 0 Å². The molecule has 3 N–H and O–H groups in total. The van der Waals surface area contributed by atoms with Crippen molar-refractivity contribution in [3.63, 3.8) is 0 Å². The Morgan fingerprint density at radius 1 is 1.00 bits per heavy atom. The lowest BCUT2D eigenvalue weighted by molar-refractivity contribution is -0.136. The number of para-hydroxylation sites is 1. The van der Waals surface area contributed by atoms with Crippen molar-refractivity contribution in [3.8, 4) is 5.75 Å². The largest absolute Gasteiger partial charge is 0.493 e. The molecule has 0 bridgehead atoms. The van der Waals surface area contributed by atoms with E-state index in [0.717, 1.165) is 0 Å². The molecule has 0 aliphatic carbocycles. The molecule has 0 spiro atoms. The van der Waals surface area contributed by atoms with Crippen molar-refractivity contribution in [2.45, 2.75) is 58.5 Å². The quantitative estimate of drug-likeness (QED) is 0.527. The maximum atomic E-state index is 13.6. The van der Waals surface area contributed by atoms with Crippen LogP contribution in [0.5, 0.6) is 5.75 Å². The number of fused-ring (bicyclic) bond motifs is 1. The summed E-state index contributed by atoms with van der Waals surface area (Å²) in [5.41, 5.74) is 0.251. The Balaban J connectivity index is 1.87. The molecule has 0 unspecified atom stereocenters. The minimum atomic E-state index is -1.16. The van der Waals surface area contributed by atoms with Crippen molar-refractivity contribution in [2.75, 3.05) is 39.3 Å². The van der Waals surface area contributed by atoms with E-state index < -0.39 is 29.8 Å². The number of rotatable bonds is 3. The van der Waals surface area contributed by atoms with E-state index in [4.69, 9.17) is 4.74 Å². The van der Waals surface area contributed by atoms with Gasteiger partial charge in [-0.15, -0.1) is 0 Å². The van der Waals surface area contributed by atoms with Crippen LogP contribution in [0.3, 0.4) is 0 Å². The Bertz CT molecular complexity index is 1030. The fourth-order valence-electron chi connectivity index (χ4n) is 4.62. The predicted molar refractivity (Wildman–Crippen MR) is 140 cm³/mol. The fourth-order valence-corrected chi connectivity index (χ4v) is 4.62. The van der Waals surface area contributed by atoms with Gasteiger partial charge in [-0.05, 0) is 37.3 Å². The summed E-state index contributed by atoms with van der Waals surface area (Å²) in [7, 11) is 0.